The molecule has 1 aliphatic carbocycles. The van der Waals surface area contributed by atoms with Crippen molar-refractivity contribution in [3.8, 4) is 0 Å². The molecule has 6 heteroatoms. The number of hydrogen-bond donors (Lipinski definition) is 2. The Morgan fingerprint density at radius 1 is 1.26 bits per heavy atom. The minimum absolute atomic E-state index is 0.0557. The minimum atomic E-state index is -0.773. The first kappa shape index (κ1) is 17.7. The Morgan fingerprint density at radius 2 is 2.00 bits per heavy atom. The first-order chi connectivity index (χ1) is 11.0. The maximum absolute atomic E-state index is 13.8. The number of carboxylic acids is 1. The molecular weight excluding hydrogens is 321 g/mol. The Balaban J connectivity index is 1.66. The standard InChI is InChI=1S/C17H21ClFNO3/c18-13-6-5-7-14(19)16(13)11-10-12(11)17(23)20-9-4-2-1-3-8-15(21)22/h5-7,11-12H,1-4,8-10H2,(H,20,23)(H,21,22). The highest BCUT2D eigenvalue weighted by Crippen LogP contribution is 2.50. The molecule has 0 bridgehead atoms. The Labute approximate surface area is 140 Å². The predicted octanol–water partition coefficient (Wildman–Crippen LogP) is 3.73. The smallest absolute Gasteiger partial charge is 0.303 e. The summed E-state index contributed by atoms with van der Waals surface area (Å²) in [4.78, 5) is 22.4. The largest absolute Gasteiger partial charge is 0.481 e. The molecule has 2 unspecified atom stereocenters. The molecule has 1 aromatic carbocycles. The molecule has 4 nitrogen and oxygen atoms in total. The van der Waals surface area contributed by atoms with E-state index in [1.54, 1.807) is 12.1 Å². The summed E-state index contributed by atoms with van der Waals surface area (Å²) < 4.78 is 13.8. The number of rotatable bonds is 9. The molecule has 1 aliphatic rings. The molecule has 0 heterocycles. The fourth-order valence-electron chi connectivity index (χ4n) is 2.77. The summed E-state index contributed by atoms with van der Waals surface area (Å²) in [6, 6.07) is 4.57. The van der Waals surface area contributed by atoms with Crippen LogP contribution in [0.4, 0.5) is 4.39 Å². The number of halogens is 2. The van der Waals surface area contributed by atoms with Gasteiger partial charge in [0.2, 0.25) is 5.91 Å². The van der Waals surface area contributed by atoms with Gasteiger partial charge in [0.25, 0.3) is 0 Å². The molecule has 0 saturated heterocycles. The van der Waals surface area contributed by atoms with Gasteiger partial charge in [-0.15, -0.1) is 0 Å². The van der Waals surface area contributed by atoms with Crippen LogP contribution in [0.1, 0.15) is 50.0 Å². The van der Waals surface area contributed by atoms with Crippen LogP contribution in [0.5, 0.6) is 0 Å². The molecule has 0 aromatic heterocycles. The van der Waals surface area contributed by atoms with Gasteiger partial charge in [-0.1, -0.05) is 30.5 Å². The van der Waals surface area contributed by atoms with E-state index in [0.717, 1.165) is 19.3 Å². The van der Waals surface area contributed by atoms with Crippen LogP contribution in [0.15, 0.2) is 18.2 Å². The molecule has 0 spiro atoms. The van der Waals surface area contributed by atoms with Crippen LogP contribution in [-0.4, -0.2) is 23.5 Å². The lowest BCUT2D eigenvalue weighted by Gasteiger charge is -2.07. The summed E-state index contributed by atoms with van der Waals surface area (Å²) in [6.45, 7) is 0.570. The molecule has 1 amide bonds. The number of hydrogen-bond acceptors (Lipinski definition) is 2. The molecule has 2 rings (SSSR count). The van der Waals surface area contributed by atoms with Gasteiger partial charge in [-0.25, -0.2) is 4.39 Å². The van der Waals surface area contributed by atoms with E-state index in [1.165, 1.54) is 6.07 Å². The van der Waals surface area contributed by atoms with Crippen LogP contribution in [-0.2, 0) is 9.59 Å². The average Bonchev–Trinajstić information content (AvgIpc) is 3.26. The topological polar surface area (TPSA) is 66.4 Å². The van der Waals surface area contributed by atoms with Gasteiger partial charge in [-0.05, 0) is 31.4 Å². The molecule has 23 heavy (non-hydrogen) atoms. The lowest BCUT2D eigenvalue weighted by Crippen LogP contribution is -2.26. The van der Waals surface area contributed by atoms with Gasteiger partial charge in [0.1, 0.15) is 5.82 Å². The third-order valence-electron chi connectivity index (χ3n) is 4.11. The van der Waals surface area contributed by atoms with Crippen molar-refractivity contribution in [2.24, 2.45) is 5.92 Å². The third kappa shape index (κ3) is 5.20. The van der Waals surface area contributed by atoms with E-state index in [9.17, 15) is 14.0 Å². The number of unbranched alkanes of at least 4 members (excludes halogenated alkanes) is 3. The molecule has 2 atom stereocenters. The Bertz CT molecular complexity index is 559. The number of nitrogens with one attached hydrogen (secondary N) is 1. The SMILES string of the molecule is O=C(O)CCCCCCNC(=O)C1CC1c1c(F)cccc1Cl. The Morgan fingerprint density at radius 3 is 2.70 bits per heavy atom. The third-order valence-corrected chi connectivity index (χ3v) is 4.44. The van der Waals surface area contributed by atoms with Gasteiger partial charge in [0.05, 0.1) is 0 Å². The van der Waals surface area contributed by atoms with E-state index in [2.05, 4.69) is 5.32 Å². The van der Waals surface area contributed by atoms with Gasteiger partial charge in [0, 0.05) is 35.4 Å². The zero-order valence-electron chi connectivity index (χ0n) is 12.9. The van der Waals surface area contributed by atoms with E-state index in [4.69, 9.17) is 16.7 Å². The summed E-state index contributed by atoms with van der Waals surface area (Å²) in [7, 11) is 0. The first-order valence-electron chi connectivity index (χ1n) is 7.94. The number of amides is 1. The highest BCUT2D eigenvalue weighted by molar-refractivity contribution is 6.31. The van der Waals surface area contributed by atoms with Gasteiger partial charge < -0.3 is 10.4 Å². The zero-order valence-corrected chi connectivity index (χ0v) is 13.6. The van der Waals surface area contributed by atoms with E-state index in [1.807, 2.05) is 0 Å². The van der Waals surface area contributed by atoms with Crippen molar-refractivity contribution in [1.82, 2.24) is 5.32 Å². The summed E-state index contributed by atoms with van der Waals surface area (Å²) >= 11 is 6.02. The minimum Gasteiger partial charge on any atom is -0.481 e. The first-order valence-corrected chi connectivity index (χ1v) is 8.32. The summed E-state index contributed by atoms with van der Waals surface area (Å²) in [5.41, 5.74) is 0.447. The highest BCUT2D eigenvalue weighted by atomic mass is 35.5. The molecule has 1 saturated carbocycles. The Hall–Kier alpha value is -1.62. The van der Waals surface area contributed by atoms with Crippen molar-refractivity contribution in [2.45, 2.75) is 44.4 Å². The zero-order chi connectivity index (χ0) is 16.8. The average molecular weight is 342 g/mol. The summed E-state index contributed by atoms with van der Waals surface area (Å²) in [6.07, 6.45) is 4.05. The second-order valence-electron chi connectivity index (χ2n) is 5.93. The molecule has 0 aliphatic heterocycles. The van der Waals surface area contributed by atoms with Crippen molar-refractivity contribution < 1.29 is 19.1 Å². The molecule has 0 radical (unpaired) electrons. The Kier molecular flexibility index (Phi) is 6.39. The molecule has 2 N–H and O–H groups in total. The van der Waals surface area contributed by atoms with Gasteiger partial charge >= 0.3 is 5.97 Å². The predicted molar refractivity (Wildman–Crippen MR) is 86.0 cm³/mol. The molecule has 126 valence electrons. The van der Waals surface area contributed by atoms with Gasteiger partial charge in [-0.3, -0.25) is 9.59 Å². The number of aliphatic carboxylic acids is 1. The van der Waals surface area contributed by atoms with E-state index >= 15 is 0 Å². The second kappa shape index (κ2) is 8.29. The van der Waals surface area contributed by atoms with E-state index in [-0.39, 0.29) is 30.0 Å². The van der Waals surface area contributed by atoms with Crippen LogP contribution in [0.25, 0.3) is 0 Å². The maximum Gasteiger partial charge on any atom is 0.303 e. The monoisotopic (exact) mass is 341 g/mol. The number of benzene rings is 1. The second-order valence-corrected chi connectivity index (χ2v) is 6.34. The van der Waals surface area contributed by atoms with Crippen molar-refractivity contribution in [3.63, 3.8) is 0 Å². The lowest BCUT2D eigenvalue weighted by molar-refractivity contribution is -0.137. The van der Waals surface area contributed by atoms with Crippen LogP contribution >= 0.6 is 11.6 Å². The quantitative estimate of drug-likeness (QED) is 0.672. The number of carbonyl (C=O) groups excluding carboxylic acids is 1. The van der Waals surface area contributed by atoms with Crippen molar-refractivity contribution >= 4 is 23.5 Å². The molecular formula is C17H21ClFNO3. The van der Waals surface area contributed by atoms with E-state index in [0.29, 0.717) is 30.0 Å². The number of carboxylic acid groups (broad SMARTS) is 1. The van der Waals surface area contributed by atoms with Crippen molar-refractivity contribution in [3.05, 3.63) is 34.6 Å². The van der Waals surface area contributed by atoms with Gasteiger partial charge in [0.15, 0.2) is 0 Å². The molecule has 1 aromatic rings. The normalized spacial score (nSPS) is 19.4. The highest BCUT2D eigenvalue weighted by Gasteiger charge is 2.45. The lowest BCUT2D eigenvalue weighted by atomic mass is 10.1. The number of carbonyl (C=O) groups is 2. The summed E-state index contributed by atoms with van der Waals surface area (Å²) in [5.74, 6) is -1.50. The van der Waals surface area contributed by atoms with Gasteiger partial charge in [-0.2, -0.15) is 0 Å². The maximum atomic E-state index is 13.8. The fourth-order valence-corrected chi connectivity index (χ4v) is 3.07. The fraction of sp³-hybridized carbons (Fsp3) is 0.529. The van der Waals surface area contributed by atoms with Crippen LogP contribution < -0.4 is 5.32 Å². The van der Waals surface area contributed by atoms with E-state index < -0.39 is 5.97 Å². The van der Waals surface area contributed by atoms with Crippen molar-refractivity contribution in [2.75, 3.05) is 6.54 Å². The molecule has 1 fully saturated rings. The van der Waals surface area contributed by atoms with Crippen LogP contribution in [0.2, 0.25) is 5.02 Å². The summed E-state index contributed by atoms with van der Waals surface area (Å²) in [5, 5.41) is 11.8. The van der Waals surface area contributed by atoms with Crippen molar-refractivity contribution in [1.29, 1.82) is 0 Å². The van der Waals surface area contributed by atoms with Crippen LogP contribution in [0.3, 0.4) is 0 Å². The van der Waals surface area contributed by atoms with Crippen LogP contribution in [0, 0.1) is 11.7 Å².